The lowest BCUT2D eigenvalue weighted by Crippen LogP contribution is -2.37. The van der Waals surface area contributed by atoms with Gasteiger partial charge in [-0.1, -0.05) is 11.6 Å². The summed E-state index contributed by atoms with van der Waals surface area (Å²) in [4.78, 5) is 0. The van der Waals surface area contributed by atoms with Gasteiger partial charge >= 0.3 is 0 Å². The SMILES string of the molecule is COc1ccc(C2=NN3[C@H](C2)c2cc(Cl)ccc2O[C@@H]3C)cc1. The third kappa shape index (κ3) is 2.43. The third-order valence-electron chi connectivity index (χ3n) is 4.37. The first-order chi connectivity index (χ1) is 11.2. The van der Waals surface area contributed by atoms with Crippen molar-refractivity contribution in [1.82, 2.24) is 5.01 Å². The molecular weight excluding hydrogens is 312 g/mol. The van der Waals surface area contributed by atoms with Gasteiger partial charge in [0.2, 0.25) is 0 Å². The van der Waals surface area contributed by atoms with Crippen LogP contribution in [0.5, 0.6) is 11.5 Å². The quantitative estimate of drug-likeness (QED) is 0.827. The molecule has 0 amide bonds. The lowest BCUT2D eigenvalue weighted by molar-refractivity contribution is -0.00334. The van der Waals surface area contributed by atoms with Crippen molar-refractivity contribution in [1.29, 1.82) is 0 Å². The Morgan fingerprint density at radius 3 is 2.74 bits per heavy atom. The highest BCUT2D eigenvalue weighted by Gasteiger charge is 2.38. The molecule has 4 nitrogen and oxygen atoms in total. The number of hydrogen-bond acceptors (Lipinski definition) is 4. The first-order valence-electron chi connectivity index (χ1n) is 7.62. The molecule has 0 N–H and O–H groups in total. The van der Waals surface area contributed by atoms with Crippen molar-refractivity contribution in [3.8, 4) is 11.5 Å². The summed E-state index contributed by atoms with van der Waals surface area (Å²) in [6.07, 6.45) is 0.748. The number of rotatable bonds is 2. The van der Waals surface area contributed by atoms with Gasteiger partial charge in [0.1, 0.15) is 11.5 Å². The van der Waals surface area contributed by atoms with E-state index in [0.717, 1.165) is 39.8 Å². The highest BCUT2D eigenvalue weighted by atomic mass is 35.5. The molecule has 2 aromatic rings. The Morgan fingerprint density at radius 1 is 1.22 bits per heavy atom. The highest BCUT2D eigenvalue weighted by molar-refractivity contribution is 6.30. The molecule has 118 valence electrons. The smallest absolute Gasteiger partial charge is 0.185 e. The fourth-order valence-electron chi connectivity index (χ4n) is 3.20. The summed E-state index contributed by atoms with van der Waals surface area (Å²) in [7, 11) is 1.67. The summed E-state index contributed by atoms with van der Waals surface area (Å²) in [5, 5.41) is 7.53. The van der Waals surface area contributed by atoms with E-state index in [1.807, 2.05) is 54.4 Å². The first-order valence-corrected chi connectivity index (χ1v) is 8.00. The van der Waals surface area contributed by atoms with Gasteiger partial charge in [0, 0.05) is 17.0 Å². The number of hydrogen-bond donors (Lipinski definition) is 0. The van der Waals surface area contributed by atoms with Crippen LogP contribution in [0.15, 0.2) is 47.6 Å². The van der Waals surface area contributed by atoms with E-state index in [0.29, 0.717) is 0 Å². The molecule has 0 radical (unpaired) electrons. The Kier molecular flexibility index (Phi) is 3.42. The molecule has 2 aliphatic heterocycles. The van der Waals surface area contributed by atoms with Gasteiger partial charge in [-0.2, -0.15) is 5.10 Å². The predicted molar refractivity (Wildman–Crippen MR) is 90.3 cm³/mol. The van der Waals surface area contributed by atoms with Gasteiger partial charge in [0.25, 0.3) is 0 Å². The molecule has 2 atom stereocenters. The van der Waals surface area contributed by atoms with E-state index in [2.05, 4.69) is 0 Å². The van der Waals surface area contributed by atoms with Crippen molar-refractivity contribution in [2.75, 3.05) is 7.11 Å². The van der Waals surface area contributed by atoms with E-state index in [-0.39, 0.29) is 12.3 Å². The topological polar surface area (TPSA) is 34.1 Å². The molecule has 0 aliphatic carbocycles. The summed E-state index contributed by atoms with van der Waals surface area (Å²) in [6.45, 7) is 2.02. The molecule has 2 aromatic carbocycles. The van der Waals surface area contributed by atoms with Crippen LogP contribution in [0.2, 0.25) is 5.02 Å². The minimum Gasteiger partial charge on any atom is -0.497 e. The lowest BCUT2D eigenvalue weighted by atomic mass is 9.96. The second-order valence-corrected chi connectivity index (χ2v) is 6.21. The van der Waals surface area contributed by atoms with Crippen molar-refractivity contribution in [3.05, 3.63) is 58.6 Å². The fourth-order valence-corrected chi connectivity index (χ4v) is 3.38. The van der Waals surface area contributed by atoms with Crippen LogP contribution in [0, 0.1) is 0 Å². The van der Waals surface area contributed by atoms with Gasteiger partial charge in [0.05, 0.1) is 18.9 Å². The number of nitrogens with zero attached hydrogens (tertiary/aromatic N) is 2. The summed E-state index contributed by atoms with van der Waals surface area (Å²) in [5.41, 5.74) is 3.26. The van der Waals surface area contributed by atoms with Crippen LogP contribution in [0.25, 0.3) is 0 Å². The maximum absolute atomic E-state index is 6.16. The number of fused-ring (bicyclic) bond motifs is 3. The maximum atomic E-state index is 6.16. The maximum Gasteiger partial charge on any atom is 0.185 e. The van der Waals surface area contributed by atoms with Crippen molar-refractivity contribution < 1.29 is 9.47 Å². The molecule has 0 saturated heterocycles. The second kappa shape index (κ2) is 5.46. The van der Waals surface area contributed by atoms with Crippen LogP contribution < -0.4 is 9.47 Å². The largest absolute Gasteiger partial charge is 0.497 e. The zero-order valence-corrected chi connectivity index (χ0v) is 13.7. The average Bonchev–Trinajstić information content (AvgIpc) is 3.02. The van der Waals surface area contributed by atoms with Crippen LogP contribution in [-0.2, 0) is 0 Å². The molecule has 2 heterocycles. The zero-order valence-electron chi connectivity index (χ0n) is 13.0. The predicted octanol–water partition coefficient (Wildman–Crippen LogP) is 4.24. The summed E-state index contributed by atoms with van der Waals surface area (Å²) < 4.78 is 11.2. The van der Waals surface area contributed by atoms with Gasteiger partial charge in [-0.25, -0.2) is 0 Å². The normalized spacial score (nSPS) is 22.0. The van der Waals surface area contributed by atoms with E-state index < -0.39 is 0 Å². The van der Waals surface area contributed by atoms with Crippen LogP contribution in [0.1, 0.15) is 30.5 Å². The summed E-state index contributed by atoms with van der Waals surface area (Å²) in [6, 6.07) is 14.0. The van der Waals surface area contributed by atoms with Gasteiger partial charge < -0.3 is 9.47 Å². The Morgan fingerprint density at radius 2 is 2.00 bits per heavy atom. The van der Waals surface area contributed by atoms with Crippen LogP contribution in [-0.4, -0.2) is 24.1 Å². The molecule has 0 fully saturated rings. The van der Waals surface area contributed by atoms with Crippen molar-refractivity contribution >= 4 is 17.3 Å². The number of halogens is 1. The minimum atomic E-state index is -0.0931. The van der Waals surface area contributed by atoms with Crippen LogP contribution in [0.3, 0.4) is 0 Å². The number of benzene rings is 2. The molecule has 23 heavy (non-hydrogen) atoms. The zero-order chi connectivity index (χ0) is 16.0. The summed E-state index contributed by atoms with van der Waals surface area (Å²) in [5.74, 6) is 1.74. The lowest BCUT2D eigenvalue weighted by Gasteiger charge is -2.36. The van der Waals surface area contributed by atoms with Gasteiger partial charge in [0.15, 0.2) is 6.23 Å². The molecule has 0 bridgehead atoms. The van der Waals surface area contributed by atoms with Crippen LogP contribution in [0.4, 0.5) is 0 Å². The van der Waals surface area contributed by atoms with Crippen LogP contribution >= 0.6 is 11.6 Å². The fraction of sp³-hybridized carbons (Fsp3) is 0.278. The number of methoxy groups -OCH3 is 1. The van der Waals surface area contributed by atoms with E-state index in [9.17, 15) is 0 Å². The number of hydrazone groups is 1. The first kappa shape index (κ1) is 14.4. The van der Waals surface area contributed by atoms with Crippen molar-refractivity contribution in [2.24, 2.45) is 5.10 Å². The molecule has 2 aliphatic rings. The monoisotopic (exact) mass is 328 g/mol. The second-order valence-electron chi connectivity index (χ2n) is 5.77. The Balaban J connectivity index is 1.68. The van der Waals surface area contributed by atoms with Crippen molar-refractivity contribution in [3.63, 3.8) is 0 Å². The van der Waals surface area contributed by atoms with E-state index >= 15 is 0 Å². The van der Waals surface area contributed by atoms with E-state index in [1.165, 1.54) is 0 Å². The van der Waals surface area contributed by atoms with Gasteiger partial charge in [-0.3, -0.25) is 5.01 Å². The molecule has 0 unspecified atom stereocenters. The van der Waals surface area contributed by atoms with E-state index in [1.54, 1.807) is 7.11 Å². The third-order valence-corrected chi connectivity index (χ3v) is 4.60. The molecule has 0 spiro atoms. The molecule has 4 rings (SSSR count). The van der Waals surface area contributed by atoms with Crippen molar-refractivity contribution in [2.45, 2.75) is 25.6 Å². The van der Waals surface area contributed by atoms with Gasteiger partial charge in [-0.05, 0) is 55.0 Å². The molecule has 5 heteroatoms. The van der Waals surface area contributed by atoms with E-state index in [4.69, 9.17) is 26.2 Å². The average molecular weight is 329 g/mol. The minimum absolute atomic E-state index is 0.0931. The van der Waals surface area contributed by atoms with Gasteiger partial charge in [-0.15, -0.1) is 0 Å². The molecular formula is C18H17ClN2O2. The Bertz CT molecular complexity index is 773. The molecule has 0 aromatic heterocycles. The molecule has 0 saturated carbocycles. The highest BCUT2D eigenvalue weighted by Crippen LogP contribution is 2.43. The Hall–Kier alpha value is -2.20. The standard InChI is InChI=1S/C18H17ClN2O2/c1-11-21-17(15-9-13(19)5-8-18(15)23-11)10-16(20-21)12-3-6-14(22-2)7-4-12/h3-9,11,17H,10H2,1-2H3/t11-,17-/m1/s1. The number of ether oxygens (including phenoxy) is 2. The Labute approximate surface area is 140 Å². The summed E-state index contributed by atoms with van der Waals surface area (Å²) >= 11 is 6.16.